The second-order valence-electron chi connectivity index (χ2n) is 7.92. The van der Waals surface area contributed by atoms with Crippen LogP contribution in [0.5, 0.6) is 11.5 Å². The van der Waals surface area contributed by atoms with E-state index < -0.39 is 17.7 Å². The highest BCUT2D eigenvalue weighted by atomic mass is 16.6. The van der Waals surface area contributed by atoms with Gasteiger partial charge in [0, 0.05) is 31.0 Å². The van der Waals surface area contributed by atoms with Gasteiger partial charge in [-0.3, -0.25) is 9.59 Å². The maximum atomic E-state index is 13.1. The number of fused-ring (bicyclic) bond motifs is 1. The van der Waals surface area contributed by atoms with Gasteiger partial charge in [-0.1, -0.05) is 30.3 Å². The molecular formula is C25H23N3O5. The fourth-order valence-corrected chi connectivity index (χ4v) is 4.28. The summed E-state index contributed by atoms with van der Waals surface area (Å²) in [7, 11) is 0. The van der Waals surface area contributed by atoms with Crippen molar-refractivity contribution in [2.45, 2.75) is 19.0 Å². The van der Waals surface area contributed by atoms with Gasteiger partial charge in [0.05, 0.1) is 17.9 Å². The van der Waals surface area contributed by atoms with Crippen LogP contribution in [0.25, 0.3) is 5.76 Å². The molecule has 0 aliphatic carbocycles. The number of carbonyl (C=O) groups is 2. The summed E-state index contributed by atoms with van der Waals surface area (Å²) in [5.74, 6) is -0.461. The van der Waals surface area contributed by atoms with Crippen molar-refractivity contribution in [2.24, 2.45) is 0 Å². The molecule has 0 spiro atoms. The third-order valence-electron chi connectivity index (χ3n) is 5.85. The predicted molar refractivity (Wildman–Crippen MR) is 120 cm³/mol. The number of ketones is 1. The normalized spacial score (nSPS) is 19.2. The van der Waals surface area contributed by atoms with Crippen LogP contribution in [0.2, 0.25) is 0 Å². The summed E-state index contributed by atoms with van der Waals surface area (Å²) >= 11 is 0. The molecule has 1 N–H and O–H groups in total. The lowest BCUT2D eigenvalue weighted by atomic mass is 9.95. The molecule has 2 aromatic carbocycles. The maximum absolute atomic E-state index is 13.1. The summed E-state index contributed by atoms with van der Waals surface area (Å²) in [4.78, 5) is 31.7. The average molecular weight is 445 g/mol. The number of benzene rings is 2. The molecule has 168 valence electrons. The summed E-state index contributed by atoms with van der Waals surface area (Å²) in [5.41, 5.74) is 1.24. The smallest absolute Gasteiger partial charge is 0.295 e. The first-order valence-electron chi connectivity index (χ1n) is 10.8. The Balaban J connectivity index is 1.52. The van der Waals surface area contributed by atoms with E-state index in [9.17, 15) is 14.7 Å². The molecular weight excluding hydrogens is 422 g/mol. The molecule has 3 heterocycles. The lowest BCUT2D eigenvalue weighted by Gasteiger charge is -2.25. The van der Waals surface area contributed by atoms with Gasteiger partial charge in [-0.2, -0.15) is 0 Å². The van der Waals surface area contributed by atoms with E-state index in [0.29, 0.717) is 49.8 Å². The number of nitrogens with zero attached hydrogens (tertiary/aromatic N) is 3. The quantitative estimate of drug-likeness (QED) is 0.356. The lowest BCUT2D eigenvalue weighted by molar-refractivity contribution is -0.139. The number of Topliss-reactive ketones (excluding diaryl/α,β-unsaturated/α-hetero) is 1. The summed E-state index contributed by atoms with van der Waals surface area (Å²) in [5, 5.41) is 11.2. The number of hydrogen-bond acceptors (Lipinski definition) is 6. The Labute approximate surface area is 190 Å². The van der Waals surface area contributed by atoms with Crippen LogP contribution < -0.4 is 9.47 Å². The van der Waals surface area contributed by atoms with E-state index in [1.54, 1.807) is 30.7 Å². The SMILES string of the molecule is O=C1C(=O)N(CCCn2ccnc2)[C@@H](c2ccccc2)C1=C(O)c1ccc2c(c1)OCCO2. The first-order valence-corrected chi connectivity index (χ1v) is 10.8. The highest BCUT2D eigenvalue weighted by Crippen LogP contribution is 2.41. The summed E-state index contributed by atoms with van der Waals surface area (Å²) in [6.45, 7) is 1.88. The van der Waals surface area contributed by atoms with Crippen molar-refractivity contribution in [3.63, 3.8) is 0 Å². The Morgan fingerprint density at radius 3 is 2.58 bits per heavy atom. The van der Waals surface area contributed by atoms with E-state index in [4.69, 9.17) is 9.47 Å². The molecule has 8 nitrogen and oxygen atoms in total. The summed E-state index contributed by atoms with van der Waals surface area (Å²) < 4.78 is 13.1. The number of ether oxygens (including phenoxy) is 2. The van der Waals surface area contributed by atoms with Gasteiger partial charge in [0.25, 0.3) is 11.7 Å². The largest absolute Gasteiger partial charge is 0.507 e. The van der Waals surface area contributed by atoms with Crippen LogP contribution in [-0.4, -0.2) is 51.0 Å². The van der Waals surface area contributed by atoms with Crippen LogP contribution >= 0.6 is 0 Å². The highest BCUT2D eigenvalue weighted by molar-refractivity contribution is 6.46. The fraction of sp³-hybridized carbons (Fsp3) is 0.240. The topological polar surface area (TPSA) is 93.9 Å². The first-order chi connectivity index (χ1) is 16.1. The third-order valence-corrected chi connectivity index (χ3v) is 5.85. The molecule has 1 aromatic heterocycles. The zero-order valence-corrected chi connectivity index (χ0v) is 17.9. The predicted octanol–water partition coefficient (Wildman–Crippen LogP) is 3.17. The van der Waals surface area contributed by atoms with Gasteiger partial charge in [0.1, 0.15) is 19.0 Å². The fourth-order valence-electron chi connectivity index (χ4n) is 4.28. The molecule has 1 fully saturated rings. The molecule has 5 rings (SSSR count). The minimum Gasteiger partial charge on any atom is -0.507 e. The van der Waals surface area contributed by atoms with Crippen LogP contribution in [0, 0.1) is 0 Å². The lowest BCUT2D eigenvalue weighted by Crippen LogP contribution is -2.31. The van der Waals surface area contributed by atoms with Gasteiger partial charge in [-0.05, 0) is 30.2 Å². The Bertz CT molecular complexity index is 1200. The van der Waals surface area contributed by atoms with Crippen LogP contribution in [0.3, 0.4) is 0 Å². The van der Waals surface area contributed by atoms with Crippen LogP contribution in [0.4, 0.5) is 0 Å². The van der Waals surface area contributed by atoms with E-state index in [0.717, 1.165) is 5.56 Å². The zero-order valence-electron chi connectivity index (χ0n) is 17.9. The van der Waals surface area contributed by atoms with E-state index in [1.165, 1.54) is 4.90 Å². The van der Waals surface area contributed by atoms with E-state index >= 15 is 0 Å². The molecule has 0 unspecified atom stereocenters. The van der Waals surface area contributed by atoms with Crippen molar-refractivity contribution < 1.29 is 24.2 Å². The van der Waals surface area contributed by atoms with Crippen molar-refractivity contribution >= 4 is 17.4 Å². The second kappa shape index (κ2) is 8.82. The second-order valence-corrected chi connectivity index (χ2v) is 7.92. The Morgan fingerprint density at radius 1 is 1.03 bits per heavy atom. The van der Waals surface area contributed by atoms with Crippen molar-refractivity contribution in [1.82, 2.24) is 14.5 Å². The molecule has 8 heteroatoms. The average Bonchev–Trinajstić information content (AvgIpc) is 3.46. The molecule has 2 aliphatic rings. The van der Waals surface area contributed by atoms with Crippen molar-refractivity contribution in [2.75, 3.05) is 19.8 Å². The molecule has 1 amide bonds. The molecule has 3 aromatic rings. The van der Waals surface area contributed by atoms with Gasteiger partial charge in [-0.15, -0.1) is 0 Å². The number of imidazole rings is 1. The Hall–Kier alpha value is -4.07. The molecule has 0 radical (unpaired) electrons. The minimum absolute atomic E-state index is 0.0745. The number of aliphatic hydroxyl groups is 1. The number of aliphatic hydroxyl groups excluding tert-OH is 1. The summed E-state index contributed by atoms with van der Waals surface area (Å²) in [6.07, 6.45) is 5.90. The number of likely N-dealkylation sites (tertiary alicyclic amines) is 1. The van der Waals surface area contributed by atoms with Crippen molar-refractivity contribution in [3.05, 3.63) is 84.0 Å². The zero-order chi connectivity index (χ0) is 22.8. The van der Waals surface area contributed by atoms with E-state index in [-0.39, 0.29) is 11.3 Å². The number of amides is 1. The number of hydrogen-bond donors (Lipinski definition) is 1. The van der Waals surface area contributed by atoms with E-state index in [1.807, 2.05) is 41.1 Å². The van der Waals surface area contributed by atoms with Crippen LogP contribution in [0.1, 0.15) is 23.6 Å². The van der Waals surface area contributed by atoms with Gasteiger partial charge in [0.2, 0.25) is 0 Å². The Morgan fingerprint density at radius 2 is 1.82 bits per heavy atom. The molecule has 1 saturated heterocycles. The summed E-state index contributed by atoms with van der Waals surface area (Å²) in [6, 6.07) is 13.6. The molecule has 2 aliphatic heterocycles. The first kappa shape index (κ1) is 20.8. The minimum atomic E-state index is -0.695. The van der Waals surface area contributed by atoms with Gasteiger partial charge in [-0.25, -0.2) is 4.98 Å². The van der Waals surface area contributed by atoms with Gasteiger partial charge in [0.15, 0.2) is 11.5 Å². The van der Waals surface area contributed by atoms with Crippen LogP contribution in [0.15, 0.2) is 72.8 Å². The third kappa shape index (κ3) is 3.95. The molecule has 1 atom stereocenters. The van der Waals surface area contributed by atoms with Gasteiger partial charge >= 0.3 is 0 Å². The molecule has 0 saturated carbocycles. The van der Waals surface area contributed by atoms with E-state index in [2.05, 4.69) is 4.98 Å². The number of carbonyl (C=O) groups excluding carboxylic acids is 2. The monoisotopic (exact) mass is 445 g/mol. The standard InChI is InChI=1S/C25H23N3O5/c29-23(18-7-8-19-20(15-18)33-14-13-32-19)21-22(17-5-2-1-3-6-17)28(25(31)24(21)30)11-4-10-27-12-9-26-16-27/h1-3,5-9,12,15-16,22,29H,4,10-11,13-14H2/t22-/m0/s1. The highest BCUT2D eigenvalue weighted by Gasteiger charge is 2.45. The Kier molecular flexibility index (Phi) is 5.56. The molecule has 33 heavy (non-hydrogen) atoms. The maximum Gasteiger partial charge on any atom is 0.295 e. The number of aryl methyl sites for hydroxylation is 1. The van der Waals surface area contributed by atoms with Crippen molar-refractivity contribution in [1.29, 1.82) is 0 Å². The number of aromatic nitrogens is 2. The van der Waals surface area contributed by atoms with Crippen LogP contribution in [-0.2, 0) is 16.1 Å². The van der Waals surface area contributed by atoms with Gasteiger partial charge < -0.3 is 24.0 Å². The van der Waals surface area contributed by atoms with Crippen molar-refractivity contribution in [3.8, 4) is 11.5 Å². The molecule has 0 bridgehead atoms. The number of rotatable bonds is 6.